The summed E-state index contributed by atoms with van der Waals surface area (Å²) in [6, 6.07) is 2.61. The minimum absolute atomic E-state index is 0.0155. The molecule has 0 aliphatic heterocycles. The molecule has 5 heteroatoms. The summed E-state index contributed by atoms with van der Waals surface area (Å²) in [6.07, 6.45) is 0. The maximum Gasteiger partial charge on any atom is 0.248 e. The Balaban J connectivity index is 3.01. The summed E-state index contributed by atoms with van der Waals surface area (Å²) in [6.45, 7) is 1.65. The van der Waals surface area contributed by atoms with Crippen molar-refractivity contribution in [3.05, 3.63) is 17.7 Å². The fourth-order valence-electron chi connectivity index (χ4n) is 0.852. The van der Waals surface area contributed by atoms with Crippen LogP contribution in [0.1, 0.15) is 5.56 Å². The molecule has 0 saturated carbocycles. The van der Waals surface area contributed by atoms with Gasteiger partial charge in [-0.25, -0.2) is 0 Å². The summed E-state index contributed by atoms with van der Waals surface area (Å²) in [5, 5.41) is 17.5. The lowest BCUT2D eigenvalue weighted by Gasteiger charge is -2.09. The van der Waals surface area contributed by atoms with Gasteiger partial charge >= 0.3 is 0 Å². The number of alkyl halides is 2. The quantitative estimate of drug-likeness (QED) is 0.598. The lowest BCUT2D eigenvalue weighted by atomic mass is 10.2. The zero-order valence-electron chi connectivity index (χ0n) is 6.79. The summed E-state index contributed by atoms with van der Waals surface area (Å²) >= 11 is 10.7. The van der Waals surface area contributed by atoms with E-state index in [0.29, 0.717) is 5.56 Å². The van der Waals surface area contributed by atoms with Gasteiger partial charge in [-0.3, -0.25) is 0 Å². The molecule has 0 radical (unpaired) electrons. The Morgan fingerprint density at radius 2 is 1.85 bits per heavy atom. The number of hydrogen-bond donors (Lipinski definition) is 2. The van der Waals surface area contributed by atoms with Crippen LogP contribution in [0.4, 0.5) is 0 Å². The van der Waals surface area contributed by atoms with E-state index in [1.54, 1.807) is 6.92 Å². The second kappa shape index (κ2) is 3.94. The lowest BCUT2D eigenvalue weighted by Crippen LogP contribution is -1.99. The fourth-order valence-corrected chi connectivity index (χ4v) is 1.04. The Morgan fingerprint density at radius 3 is 2.38 bits per heavy atom. The molecule has 3 nitrogen and oxygen atoms in total. The monoisotopic (exact) mass is 222 g/mol. The van der Waals surface area contributed by atoms with Gasteiger partial charge in [0.15, 0.2) is 11.5 Å². The largest absolute Gasteiger partial charge is 0.508 e. The first kappa shape index (κ1) is 10.3. The van der Waals surface area contributed by atoms with Crippen LogP contribution in [0, 0.1) is 6.92 Å². The minimum atomic E-state index is -1.08. The summed E-state index contributed by atoms with van der Waals surface area (Å²) in [5.74, 6) is -0.0403. The number of benzene rings is 1. The van der Waals surface area contributed by atoms with Crippen LogP contribution in [0.3, 0.4) is 0 Å². The first-order chi connectivity index (χ1) is 6.00. The van der Waals surface area contributed by atoms with E-state index in [9.17, 15) is 10.2 Å². The van der Waals surface area contributed by atoms with Crippen molar-refractivity contribution in [3.8, 4) is 17.2 Å². The van der Waals surface area contributed by atoms with Gasteiger partial charge in [0.1, 0.15) is 5.75 Å². The highest BCUT2D eigenvalue weighted by Crippen LogP contribution is 2.34. The third-order valence-corrected chi connectivity index (χ3v) is 1.67. The van der Waals surface area contributed by atoms with E-state index in [1.165, 1.54) is 12.1 Å². The van der Waals surface area contributed by atoms with Gasteiger partial charge in [-0.2, -0.15) is 0 Å². The van der Waals surface area contributed by atoms with Crippen LogP contribution < -0.4 is 4.74 Å². The molecule has 0 amide bonds. The summed E-state index contributed by atoms with van der Waals surface area (Å²) in [7, 11) is 0. The molecule has 1 rings (SSSR count). The van der Waals surface area contributed by atoms with Crippen LogP contribution in [0.2, 0.25) is 0 Å². The molecule has 0 fully saturated rings. The number of aromatic hydroxyl groups is 2. The Morgan fingerprint density at radius 1 is 1.23 bits per heavy atom. The van der Waals surface area contributed by atoms with E-state index < -0.39 is 5.02 Å². The summed E-state index contributed by atoms with van der Waals surface area (Å²) < 4.78 is 4.80. The highest BCUT2D eigenvalue weighted by atomic mass is 35.5. The standard InChI is InChI=1S/C8H8Cl2O3/c1-4-2-6(12)7(3-5(4)11)13-8(9)10/h2-3,8,11-12H,1H3. The first-order valence-electron chi connectivity index (χ1n) is 3.48. The van der Waals surface area contributed by atoms with Crippen molar-refractivity contribution in [1.82, 2.24) is 0 Å². The van der Waals surface area contributed by atoms with Gasteiger partial charge in [-0.05, 0) is 18.6 Å². The number of aryl methyl sites for hydroxylation is 1. The number of rotatable bonds is 2. The molecular formula is C8H8Cl2O3. The van der Waals surface area contributed by atoms with Crippen molar-refractivity contribution in [2.75, 3.05) is 0 Å². The maximum absolute atomic E-state index is 9.31. The normalized spacial score (nSPS) is 10.5. The predicted octanol–water partition coefficient (Wildman–Crippen LogP) is 2.55. The van der Waals surface area contributed by atoms with Crippen molar-refractivity contribution >= 4 is 23.2 Å². The Kier molecular flexibility index (Phi) is 3.12. The molecule has 0 aliphatic rings. The van der Waals surface area contributed by atoms with E-state index >= 15 is 0 Å². The molecule has 0 atom stereocenters. The summed E-state index contributed by atoms with van der Waals surface area (Å²) in [4.78, 5) is 0. The Labute approximate surface area is 85.5 Å². The number of phenols is 2. The van der Waals surface area contributed by atoms with E-state index in [0.717, 1.165) is 0 Å². The average Bonchev–Trinajstić information content (AvgIpc) is 1.99. The van der Waals surface area contributed by atoms with Gasteiger partial charge in [0.2, 0.25) is 5.02 Å². The van der Waals surface area contributed by atoms with Crippen LogP contribution in [0.25, 0.3) is 0 Å². The van der Waals surface area contributed by atoms with Gasteiger partial charge in [-0.15, -0.1) is 0 Å². The van der Waals surface area contributed by atoms with Crippen LogP contribution in [-0.4, -0.2) is 15.2 Å². The number of halogens is 2. The molecule has 0 bridgehead atoms. The van der Waals surface area contributed by atoms with Crippen LogP contribution in [0.5, 0.6) is 17.2 Å². The van der Waals surface area contributed by atoms with Crippen molar-refractivity contribution in [3.63, 3.8) is 0 Å². The molecule has 0 heterocycles. The second-order valence-corrected chi connectivity index (χ2v) is 3.50. The van der Waals surface area contributed by atoms with Gasteiger partial charge in [0.25, 0.3) is 0 Å². The second-order valence-electron chi connectivity index (χ2n) is 2.48. The van der Waals surface area contributed by atoms with E-state index in [4.69, 9.17) is 27.9 Å². The maximum atomic E-state index is 9.31. The third kappa shape index (κ3) is 2.57. The van der Waals surface area contributed by atoms with Crippen molar-refractivity contribution < 1.29 is 14.9 Å². The van der Waals surface area contributed by atoms with Crippen LogP contribution in [-0.2, 0) is 0 Å². The number of hydrogen-bond acceptors (Lipinski definition) is 3. The SMILES string of the molecule is Cc1cc(O)c(OC(Cl)Cl)cc1O. The Hall–Kier alpha value is -0.800. The zero-order chi connectivity index (χ0) is 10.0. The lowest BCUT2D eigenvalue weighted by molar-refractivity contribution is 0.326. The van der Waals surface area contributed by atoms with Crippen molar-refractivity contribution in [2.24, 2.45) is 0 Å². The van der Waals surface area contributed by atoms with Crippen molar-refractivity contribution in [2.45, 2.75) is 11.9 Å². The van der Waals surface area contributed by atoms with Crippen LogP contribution in [0.15, 0.2) is 12.1 Å². The Bertz CT molecular complexity index is 313. The van der Waals surface area contributed by atoms with E-state index in [2.05, 4.69) is 0 Å². The van der Waals surface area contributed by atoms with Gasteiger partial charge in [0, 0.05) is 6.07 Å². The molecular weight excluding hydrogens is 215 g/mol. The number of ether oxygens (including phenoxy) is 1. The molecule has 13 heavy (non-hydrogen) atoms. The smallest absolute Gasteiger partial charge is 0.248 e. The highest BCUT2D eigenvalue weighted by Gasteiger charge is 2.09. The van der Waals surface area contributed by atoms with E-state index in [-0.39, 0.29) is 17.2 Å². The number of phenolic OH excluding ortho intramolecular Hbond substituents is 2. The molecule has 0 spiro atoms. The first-order valence-corrected chi connectivity index (χ1v) is 4.35. The predicted molar refractivity (Wildman–Crippen MR) is 50.6 cm³/mol. The molecule has 2 N–H and O–H groups in total. The topological polar surface area (TPSA) is 49.7 Å². The zero-order valence-corrected chi connectivity index (χ0v) is 8.30. The van der Waals surface area contributed by atoms with E-state index in [1.807, 2.05) is 0 Å². The summed E-state index contributed by atoms with van der Waals surface area (Å²) in [5.41, 5.74) is 0.547. The van der Waals surface area contributed by atoms with Gasteiger partial charge in [-0.1, -0.05) is 23.2 Å². The molecule has 0 aliphatic carbocycles. The average molecular weight is 223 g/mol. The van der Waals surface area contributed by atoms with Gasteiger partial charge < -0.3 is 14.9 Å². The molecule has 1 aromatic carbocycles. The van der Waals surface area contributed by atoms with Gasteiger partial charge in [0.05, 0.1) is 0 Å². The third-order valence-electron chi connectivity index (χ3n) is 1.49. The molecule has 0 aromatic heterocycles. The molecule has 0 saturated heterocycles. The molecule has 72 valence electrons. The van der Waals surface area contributed by atoms with Crippen LogP contribution >= 0.6 is 23.2 Å². The fraction of sp³-hybridized carbons (Fsp3) is 0.250. The molecule has 1 aromatic rings. The highest BCUT2D eigenvalue weighted by molar-refractivity contribution is 6.43. The van der Waals surface area contributed by atoms with Crippen molar-refractivity contribution in [1.29, 1.82) is 0 Å². The minimum Gasteiger partial charge on any atom is -0.508 e. The molecule has 0 unspecified atom stereocenters.